The van der Waals surface area contributed by atoms with Crippen LogP contribution < -0.4 is 5.32 Å². The molecule has 94 valence electrons. The van der Waals surface area contributed by atoms with Gasteiger partial charge in [-0.1, -0.05) is 13.0 Å². The number of hydrogen-bond donors (Lipinski definition) is 1. The van der Waals surface area contributed by atoms with Crippen molar-refractivity contribution in [2.24, 2.45) is 0 Å². The molecule has 1 atom stereocenters. The topological polar surface area (TPSA) is 12.0 Å². The fourth-order valence-electron chi connectivity index (χ4n) is 1.86. The van der Waals surface area contributed by atoms with Gasteiger partial charge in [0.2, 0.25) is 0 Å². The lowest BCUT2D eigenvalue weighted by Gasteiger charge is -2.18. The highest BCUT2D eigenvalue weighted by Gasteiger charge is 2.15. The molecule has 0 amide bonds. The monoisotopic (exact) mass is 239 g/mol. The van der Waals surface area contributed by atoms with E-state index in [9.17, 15) is 8.78 Å². The number of unbranched alkanes of at least 4 members (excludes halogenated alkanes) is 1. The molecule has 0 heterocycles. The molecule has 0 aromatic heterocycles. The van der Waals surface area contributed by atoms with E-state index < -0.39 is 5.82 Å². The maximum atomic E-state index is 13.6. The third kappa shape index (κ3) is 4.27. The van der Waals surface area contributed by atoms with Crippen molar-refractivity contribution in [3.05, 3.63) is 48.1 Å². The van der Waals surface area contributed by atoms with Gasteiger partial charge in [-0.05, 0) is 44.0 Å². The fourth-order valence-corrected chi connectivity index (χ4v) is 1.86. The molecule has 1 rings (SSSR count). The Bertz CT molecular complexity index is 363. The average Bonchev–Trinajstić information content (AvgIpc) is 2.32. The van der Waals surface area contributed by atoms with Crippen LogP contribution in [0.15, 0.2) is 30.9 Å². The maximum Gasteiger partial charge on any atom is 0.128 e. The van der Waals surface area contributed by atoms with Crippen LogP contribution >= 0.6 is 0 Å². The number of hydrogen-bond acceptors (Lipinski definition) is 1. The zero-order chi connectivity index (χ0) is 12.7. The van der Waals surface area contributed by atoms with Crippen molar-refractivity contribution in [2.75, 3.05) is 6.54 Å². The zero-order valence-corrected chi connectivity index (χ0v) is 10.2. The Labute approximate surface area is 102 Å². The number of allylic oxidation sites excluding steroid dienone is 1. The number of rotatable bonds is 7. The van der Waals surface area contributed by atoms with Crippen molar-refractivity contribution in [3.63, 3.8) is 0 Å². The summed E-state index contributed by atoms with van der Waals surface area (Å²) in [6.45, 7) is 6.34. The normalized spacial score (nSPS) is 12.4. The first-order chi connectivity index (χ1) is 8.19. The van der Waals surface area contributed by atoms with Crippen molar-refractivity contribution in [1.82, 2.24) is 5.32 Å². The van der Waals surface area contributed by atoms with E-state index in [0.717, 1.165) is 31.9 Å². The van der Waals surface area contributed by atoms with Gasteiger partial charge in [-0.3, -0.25) is 0 Å². The summed E-state index contributed by atoms with van der Waals surface area (Å²) in [5.74, 6) is -0.746. The van der Waals surface area contributed by atoms with Crippen LogP contribution in [0.1, 0.15) is 37.8 Å². The first-order valence-electron chi connectivity index (χ1n) is 5.98. The van der Waals surface area contributed by atoms with Crippen LogP contribution in [0.2, 0.25) is 0 Å². The van der Waals surface area contributed by atoms with Gasteiger partial charge >= 0.3 is 0 Å². The molecule has 0 saturated heterocycles. The Morgan fingerprint density at radius 1 is 1.41 bits per heavy atom. The minimum atomic E-state index is -0.395. The van der Waals surface area contributed by atoms with Crippen LogP contribution in [0.3, 0.4) is 0 Å². The molecule has 0 fully saturated rings. The van der Waals surface area contributed by atoms with Crippen LogP contribution in [0, 0.1) is 11.6 Å². The Hall–Kier alpha value is -1.22. The second-order valence-electron chi connectivity index (χ2n) is 4.00. The van der Waals surface area contributed by atoms with Gasteiger partial charge in [-0.2, -0.15) is 0 Å². The van der Waals surface area contributed by atoms with Crippen LogP contribution in [-0.2, 0) is 0 Å². The van der Waals surface area contributed by atoms with E-state index in [1.54, 1.807) is 0 Å². The van der Waals surface area contributed by atoms with Gasteiger partial charge in [-0.25, -0.2) is 8.78 Å². The van der Waals surface area contributed by atoms with Crippen molar-refractivity contribution < 1.29 is 8.78 Å². The third-order valence-corrected chi connectivity index (χ3v) is 2.69. The average molecular weight is 239 g/mol. The van der Waals surface area contributed by atoms with Gasteiger partial charge in [0.1, 0.15) is 11.6 Å². The van der Waals surface area contributed by atoms with E-state index in [1.165, 1.54) is 12.1 Å². The molecule has 0 aliphatic rings. The van der Waals surface area contributed by atoms with Crippen molar-refractivity contribution >= 4 is 0 Å². The van der Waals surface area contributed by atoms with Gasteiger partial charge in [0.05, 0.1) is 0 Å². The van der Waals surface area contributed by atoms with Gasteiger partial charge in [0.15, 0.2) is 0 Å². The fraction of sp³-hybridized carbons (Fsp3) is 0.429. The van der Waals surface area contributed by atoms with E-state index in [-0.39, 0.29) is 11.9 Å². The SMILES string of the molecule is C=CCCCC(NCC)c1cc(F)ccc1F. The molecule has 3 heteroatoms. The van der Waals surface area contributed by atoms with Crippen LogP contribution in [0.4, 0.5) is 8.78 Å². The summed E-state index contributed by atoms with van der Waals surface area (Å²) >= 11 is 0. The standard InChI is InChI=1S/C14H19F2N/c1-3-5-6-7-14(17-4-2)12-10-11(15)8-9-13(12)16/h3,8-10,14,17H,1,4-7H2,2H3. The number of halogens is 2. The van der Waals surface area contributed by atoms with Gasteiger partial charge in [0.25, 0.3) is 0 Å². The minimum Gasteiger partial charge on any atom is -0.310 e. The summed E-state index contributed by atoms with van der Waals surface area (Å²) in [5, 5.41) is 3.18. The van der Waals surface area contributed by atoms with Gasteiger partial charge in [0, 0.05) is 11.6 Å². The Morgan fingerprint density at radius 2 is 2.18 bits per heavy atom. The molecule has 0 bridgehead atoms. The van der Waals surface area contributed by atoms with Crippen LogP contribution in [-0.4, -0.2) is 6.54 Å². The molecule has 1 aromatic rings. The second-order valence-corrected chi connectivity index (χ2v) is 4.00. The van der Waals surface area contributed by atoms with E-state index in [4.69, 9.17) is 0 Å². The summed E-state index contributed by atoms with van der Waals surface area (Å²) in [6.07, 6.45) is 4.42. The van der Waals surface area contributed by atoms with E-state index in [0.29, 0.717) is 5.56 Å². The summed E-state index contributed by atoms with van der Waals surface area (Å²) in [5.41, 5.74) is 0.413. The molecular weight excluding hydrogens is 220 g/mol. The van der Waals surface area contributed by atoms with Crippen molar-refractivity contribution in [3.8, 4) is 0 Å². The maximum absolute atomic E-state index is 13.6. The third-order valence-electron chi connectivity index (χ3n) is 2.69. The molecule has 1 unspecified atom stereocenters. The first kappa shape index (κ1) is 13.8. The predicted molar refractivity (Wildman–Crippen MR) is 66.8 cm³/mol. The minimum absolute atomic E-state index is 0.129. The quantitative estimate of drug-likeness (QED) is 0.560. The summed E-state index contributed by atoms with van der Waals surface area (Å²) in [4.78, 5) is 0. The van der Waals surface area contributed by atoms with E-state index in [1.807, 2.05) is 13.0 Å². The molecule has 1 aromatic carbocycles. The smallest absolute Gasteiger partial charge is 0.128 e. The Morgan fingerprint density at radius 3 is 2.82 bits per heavy atom. The molecule has 17 heavy (non-hydrogen) atoms. The number of nitrogens with one attached hydrogen (secondary N) is 1. The Kier molecular flexibility index (Phi) is 5.84. The number of benzene rings is 1. The molecule has 0 spiro atoms. The van der Waals surface area contributed by atoms with E-state index in [2.05, 4.69) is 11.9 Å². The first-order valence-corrected chi connectivity index (χ1v) is 5.98. The Balaban J connectivity index is 2.80. The predicted octanol–water partition coefficient (Wildman–Crippen LogP) is 3.97. The largest absolute Gasteiger partial charge is 0.310 e. The summed E-state index contributed by atoms with van der Waals surface area (Å²) in [7, 11) is 0. The molecule has 1 N–H and O–H groups in total. The highest BCUT2D eigenvalue weighted by molar-refractivity contribution is 5.22. The lowest BCUT2D eigenvalue weighted by molar-refractivity contribution is 0.469. The lowest BCUT2D eigenvalue weighted by Crippen LogP contribution is -2.22. The van der Waals surface area contributed by atoms with Crippen molar-refractivity contribution in [1.29, 1.82) is 0 Å². The second kappa shape index (κ2) is 7.17. The van der Waals surface area contributed by atoms with Crippen molar-refractivity contribution in [2.45, 2.75) is 32.2 Å². The molecule has 0 radical (unpaired) electrons. The molecule has 0 aliphatic heterocycles. The van der Waals surface area contributed by atoms with Crippen LogP contribution in [0.25, 0.3) is 0 Å². The van der Waals surface area contributed by atoms with Gasteiger partial charge < -0.3 is 5.32 Å². The molecule has 1 nitrogen and oxygen atoms in total. The zero-order valence-electron chi connectivity index (χ0n) is 10.2. The van der Waals surface area contributed by atoms with E-state index >= 15 is 0 Å². The highest BCUT2D eigenvalue weighted by atomic mass is 19.1. The molecular formula is C14H19F2N. The van der Waals surface area contributed by atoms with Gasteiger partial charge in [-0.15, -0.1) is 6.58 Å². The summed E-state index contributed by atoms with van der Waals surface area (Å²) in [6, 6.07) is 3.47. The highest BCUT2D eigenvalue weighted by Crippen LogP contribution is 2.23. The van der Waals surface area contributed by atoms with Crippen LogP contribution in [0.5, 0.6) is 0 Å². The summed E-state index contributed by atoms with van der Waals surface area (Å²) < 4.78 is 26.8. The molecule has 0 aliphatic carbocycles. The lowest BCUT2D eigenvalue weighted by atomic mass is 10.00. The molecule has 0 saturated carbocycles.